The fourth-order valence-electron chi connectivity index (χ4n) is 3.71. The van der Waals surface area contributed by atoms with E-state index in [4.69, 9.17) is 4.42 Å². The van der Waals surface area contributed by atoms with Gasteiger partial charge < -0.3 is 9.52 Å². The summed E-state index contributed by atoms with van der Waals surface area (Å²) in [6.07, 6.45) is 29.8. The van der Waals surface area contributed by atoms with Gasteiger partial charge in [-0.05, 0) is 25.3 Å². The van der Waals surface area contributed by atoms with Crippen molar-refractivity contribution in [2.45, 2.75) is 64.2 Å². The molecule has 1 N–H and O–H groups in total. The molecule has 2 heteroatoms. The molecule has 0 saturated heterocycles. The van der Waals surface area contributed by atoms with Crippen molar-refractivity contribution in [3.05, 3.63) is 71.3 Å². The molecule has 0 saturated carbocycles. The SMILES string of the molecule is O\C1=C/C=C\C=C\C=C/C=C/c2c1oc1c2CCCCCCCCCC1. The zero-order valence-electron chi connectivity index (χ0n) is 15.6. The van der Waals surface area contributed by atoms with Gasteiger partial charge in [-0.15, -0.1) is 0 Å². The van der Waals surface area contributed by atoms with E-state index >= 15 is 0 Å². The number of fused-ring (bicyclic) bond motifs is 3. The van der Waals surface area contributed by atoms with E-state index in [9.17, 15) is 5.11 Å². The summed E-state index contributed by atoms with van der Waals surface area (Å²) in [7, 11) is 0. The molecule has 0 bridgehead atoms. The maximum atomic E-state index is 10.6. The lowest BCUT2D eigenvalue weighted by molar-refractivity contribution is 0.430. The first-order valence-electron chi connectivity index (χ1n) is 10.1. The van der Waals surface area contributed by atoms with Crippen molar-refractivity contribution in [2.24, 2.45) is 0 Å². The van der Waals surface area contributed by atoms with Crippen LogP contribution in [0.3, 0.4) is 0 Å². The lowest BCUT2D eigenvalue weighted by Gasteiger charge is -2.07. The summed E-state index contributed by atoms with van der Waals surface area (Å²) < 4.78 is 6.20. The quantitative estimate of drug-likeness (QED) is 0.541. The Hall–Kier alpha value is -2.22. The average molecular weight is 351 g/mol. The molecule has 0 atom stereocenters. The first kappa shape index (κ1) is 18.6. The van der Waals surface area contributed by atoms with Gasteiger partial charge in [0.05, 0.1) is 0 Å². The molecule has 2 aliphatic carbocycles. The second-order valence-corrected chi connectivity index (χ2v) is 7.14. The average Bonchev–Trinajstić information content (AvgIpc) is 2.96. The van der Waals surface area contributed by atoms with Crippen LogP contribution in [-0.2, 0) is 12.8 Å². The topological polar surface area (TPSA) is 33.4 Å². The highest BCUT2D eigenvalue weighted by atomic mass is 16.4. The Labute approximate surface area is 157 Å². The summed E-state index contributed by atoms with van der Waals surface area (Å²) in [4.78, 5) is 0. The molecule has 0 fully saturated rings. The zero-order chi connectivity index (χ0) is 18.0. The minimum atomic E-state index is 0.204. The molecular weight excluding hydrogens is 320 g/mol. The highest BCUT2D eigenvalue weighted by Gasteiger charge is 2.20. The Morgan fingerprint density at radius 3 is 1.96 bits per heavy atom. The normalized spacial score (nSPS) is 26.2. The van der Waals surface area contributed by atoms with E-state index in [0.717, 1.165) is 30.6 Å². The zero-order valence-corrected chi connectivity index (χ0v) is 15.6. The number of hydrogen-bond acceptors (Lipinski definition) is 2. The van der Waals surface area contributed by atoms with Crippen molar-refractivity contribution >= 4 is 11.8 Å². The van der Waals surface area contributed by atoms with Crippen molar-refractivity contribution in [1.82, 2.24) is 0 Å². The van der Waals surface area contributed by atoms with Crippen LogP contribution in [0.15, 0.2) is 53.0 Å². The van der Waals surface area contributed by atoms with Crippen LogP contribution in [0, 0.1) is 0 Å². The first-order chi connectivity index (χ1) is 12.9. The summed E-state index contributed by atoms with van der Waals surface area (Å²) in [5, 5.41) is 10.6. The standard InChI is InChI=1S/C24H30O2/c25-22-18-14-10-6-3-5-9-13-17-21-20-16-12-8-4-1-2-7-11-15-19-23(20)26-24(21)22/h3,5-6,9-10,13-14,17-18,25H,1-2,4,7-8,11-12,15-16,19H2/b5-3?,6-3+,9-5-,10-6?,13-9?,14-10-,17-13+,18-14?,21-17?,22-18-,24-22?. The third kappa shape index (κ3) is 5.14. The lowest BCUT2D eigenvalue weighted by Crippen LogP contribution is -1.95. The Morgan fingerprint density at radius 2 is 1.23 bits per heavy atom. The van der Waals surface area contributed by atoms with Crippen LogP contribution < -0.4 is 0 Å². The fourth-order valence-corrected chi connectivity index (χ4v) is 3.71. The molecular formula is C24H30O2. The number of hydrogen-bond donors (Lipinski definition) is 1. The van der Waals surface area contributed by atoms with Gasteiger partial charge in [-0.2, -0.15) is 0 Å². The Morgan fingerprint density at radius 1 is 0.654 bits per heavy atom. The van der Waals surface area contributed by atoms with E-state index in [0.29, 0.717) is 5.76 Å². The maximum Gasteiger partial charge on any atom is 0.176 e. The van der Waals surface area contributed by atoms with Crippen LogP contribution in [0.25, 0.3) is 11.8 Å². The highest BCUT2D eigenvalue weighted by molar-refractivity contribution is 5.71. The molecule has 1 aromatic rings. The van der Waals surface area contributed by atoms with Crippen LogP contribution in [0.4, 0.5) is 0 Å². The molecule has 2 nitrogen and oxygen atoms in total. The van der Waals surface area contributed by atoms with Crippen molar-refractivity contribution in [1.29, 1.82) is 0 Å². The minimum Gasteiger partial charge on any atom is -0.504 e. The van der Waals surface area contributed by atoms with Crippen LogP contribution in [0.2, 0.25) is 0 Å². The largest absolute Gasteiger partial charge is 0.504 e. The van der Waals surface area contributed by atoms with Gasteiger partial charge in [-0.1, -0.05) is 87.1 Å². The lowest BCUT2D eigenvalue weighted by atomic mass is 9.96. The smallest absolute Gasteiger partial charge is 0.176 e. The van der Waals surface area contributed by atoms with E-state index in [1.54, 1.807) is 6.08 Å². The van der Waals surface area contributed by atoms with Crippen LogP contribution >= 0.6 is 0 Å². The van der Waals surface area contributed by atoms with Gasteiger partial charge in [0.2, 0.25) is 0 Å². The molecule has 2 aliphatic rings. The van der Waals surface area contributed by atoms with Crippen LogP contribution in [-0.4, -0.2) is 5.11 Å². The summed E-state index contributed by atoms with van der Waals surface area (Å²) >= 11 is 0. The van der Waals surface area contributed by atoms with E-state index in [1.807, 2.05) is 42.5 Å². The molecule has 0 aromatic carbocycles. The van der Waals surface area contributed by atoms with E-state index in [1.165, 1.54) is 50.5 Å². The molecule has 0 spiro atoms. The van der Waals surface area contributed by atoms with Gasteiger partial charge >= 0.3 is 0 Å². The highest BCUT2D eigenvalue weighted by Crippen LogP contribution is 2.32. The van der Waals surface area contributed by atoms with Gasteiger partial charge in [-0.25, -0.2) is 0 Å². The first-order valence-corrected chi connectivity index (χ1v) is 10.1. The molecule has 0 unspecified atom stereocenters. The Bertz CT molecular complexity index is 726. The molecule has 0 aliphatic heterocycles. The number of aryl methyl sites for hydroxylation is 1. The van der Waals surface area contributed by atoms with Crippen molar-refractivity contribution < 1.29 is 9.52 Å². The molecule has 0 radical (unpaired) electrons. The number of allylic oxidation sites excluding steroid dienone is 8. The minimum absolute atomic E-state index is 0.204. The maximum absolute atomic E-state index is 10.6. The number of rotatable bonds is 0. The number of furan rings is 1. The summed E-state index contributed by atoms with van der Waals surface area (Å²) in [6.45, 7) is 0. The second kappa shape index (κ2) is 10.1. The third-order valence-corrected chi connectivity index (χ3v) is 5.13. The van der Waals surface area contributed by atoms with Crippen molar-refractivity contribution in [3.8, 4) is 0 Å². The predicted octanol–water partition coefficient (Wildman–Crippen LogP) is 7.09. The summed E-state index contributed by atoms with van der Waals surface area (Å²) in [5.41, 5.74) is 2.34. The molecule has 0 amide bonds. The fraction of sp³-hybridized carbons (Fsp3) is 0.417. The third-order valence-electron chi connectivity index (χ3n) is 5.13. The van der Waals surface area contributed by atoms with Gasteiger partial charge in [0.15, 0.2) is 11.5 Å². The van der Waals surface area contributed by atoms with Gasteiger partial charge in [-0.3, -0.25) is 0 Å². The van der Waals surface area contributed by atoms with Crippen LogP contribution in [0.5, 0.6) is 0 Å². The van der Waals surface area contributed by atoms with E-state index in [2.05, 4.69) is 6.08 Å². The van der Waals surface area contributed by atoms with Crippen LogP contribution in [0.1, 0.15) is 74.0 Å². The summed E-state index contributed by atoms with van der Waals surface area (Å²) in [6, 6.07) is 0. The number of aliphatic hydroxyl groups excluding tert-OH is 1. The second-order valence-electron chi connectivity index (χ2n) is 7.14. The molecule has 3 rings (SSSR count). The molecule has 138 valence electrons. The van der Waals surface area contributed by atoms with E-state index < -0.39 is 0 Å². The molecule has 1 aromatic heterocycles. The Balaban J connectivity index is 1.98. The molecule has 1 heterocycles. The number of aliphatic hydroxyl groups is 1. The van der Waals surface area contributed by atoms with Gasteiger partial charge in [0, 0.05) is 17.5 Å². The molecule has 26 heavy (non-hydrogen) atoms. The van der Waals surface area contributed by atoms with Crippen molar-refractivity contribution in [3.63, 3.8) is 0 Å². The summed E-state index contributed by atoms with van der Waals surface area (Å²) in [5.74, 6) is 1.89. The van der Waals surface area contributed by atoms with Gasteiger partial charge in [0.1, 0.15) is 5.76 Å². The Kier molecular flexibility index (Phi) is 7.18. The van der Waals surface area contributed by atoms with Gasteiger partial charge in [0.25, 0.3) is 0 Å². The predicted molar refractivity (Wildman–Crippen MR) is 110 cm³/mol. The monoisotopic (exact) mass is 350 g/mol. The van der Waals surface area contributed by atoms with Crippen molar-refractivity contribution in [2.75, 3.05) is 0 Å². The van der Waals surface area contributed by atoms with E-state index in [-0.39, 0.29) is 5.76 Å².